The lowest BCUT2D eigenvalue weighted by atomic mass is 10.0. The maximum absolute atomic E-state index is 12.6. The van der Waals surface area contributed by atoms with Gasteiger partial charge in [0.25, 0.3) is 0 Å². The highest BCUT2D eigenvalue weighted by Gasteiger charge is 2.11. The fourth-order valence-corrected chi connectivity index (χ4v) is 5.27. The molecule has 0 bridgehead atoms. The molecule has 0 aromatic heterocycles. The number of methoxy groups -OCH3 is 1. The minimum absolute atomic E-state index is 0.199. The number of hydrogen-bond acceptors (Lipinski definition) is 3. The summed E-state index contributed by atoms with van der Waals surface area (Å²) in [4.78, 5) is 12.6. The second-order valence-corrected chi connectivity index (χ2v) is 11.3. The number of esters is 1. The summed E-state index contributed by atoms with van der Waals surface area (Å²) >= 11 is 0. The molecule has 3 heteroatoms. The van der Waals surface area contributed by atoms with Crippen LogP contribution in [0.3, 0.4) is 0 Å². The Morgan fingerprint density at radius 1 is 0.579 bits per heavy atom. The molecule has 0 N–H and O–H groups in total. The molecule has 1 aromatic rings. The van der Waals surface area contributed by atoms with Gasteiger partial charge in [-0.05, 0) is 43.0 Å². The van der Waals surface area contributed by atoms with Crippen molar-refractivity contribution in [3.63, 3.8) is 0 Å². The Morgan fingerprint density at radius 2 is 1.00 bits per heavy atom. The first-order valence-electron chi connectivity index (χ1n) is 16.6. The molecule has 220 valence electrons. The highest BCUT2D eigenvalue weighted by molar-refractivity contribution is 5.89. The predicted molar refractivity (Wildman–Crippen MR) is 165 cm³/mol. The quantitative estimate of drug-likeness (QED) is 0.0838. The van der Waals surface area contributed by atoms with Crippen LogP contribution in [-0.4, -0.2) is 19.7 Å². The Bertz CT molecular complexity index is 669. The number of hydrogen-bond donors (Lipinski definition) is 0. The van der Waals surface area contributed by atoms with Gasteiger partial charge in [-0.3, -0.25) is 0 Å². The molecule has 0 aliphatic carbocycles. The van der Waals surface area contributed by atoms with Crippen LogP contribution in [-0.2, 0) is 11.2 Å². The van der Waals surface area contributed by atoms with E-state index in [1.54, 1.807) is 7.11 Å². The molecule has 0 aliphatic heterocycles. The molecule has 0 radical (unpaired) electrons. The van der Waals surface area contributed by atoms with Gasteiger partial charge in [0.05, 0.1) is 19.3 Å². The number of rotatable bonds is 27. The lowest BCUT2D eigenvalue weighted by Gasteiger charge is -2.11. The Labute approximate surface area is 236 Å². The van der Waals surface area contributed by atoms with Gasteiger partial charge in [0.15, 0.2) is 0 Å². The number of unbranched alkanes of at least 4 members (excludes halogenated alkanes) is 21. The third kappa shape index (κ3) is 18.7. The predicted octanol–water partition coefficient (Wildman–Crippen LogP) is 11.4. The Kier molecular flexibility index (Phi) is 23.4. The maximum Gasteiger partial charge on any atom is 0.338 e. The Morgan fingerprint density at radius 3 is 1.45 bits per heavy atom. The van der Waals surface area contributed by atoms with Gasteiger partial charge >= 0.3 is 5.97 Å². The van der Waals surface area contributed by atoms with Crippen LogP contribution in [0.25, 0.3) is 0 Å². The number of benzene rings is 1. The smallest absolute Gasteiger partial charge is 0.338 e. The van der Waals surface area contributed by atoms with Crippen LogP contribution in [0.1, 0.15) is 177 Å². The average Bonchev–Trinajstić information content (AvgIpc) is 2.94. The molecule has 0 spiro atoms. The fraction of sp³-hybridized carbons (Fsp3) is 0.800. The van der Waals surface area contributed by atoms with E-state index in [9.17, 15) is 4.79 Å². The van der Waals surface area contributed by atoms with Gasteiger partial charge in [0, 0.05) is 0 Å². The van der Waals surface area contributed by atoms with Crippen LogP contribution in [0.5, 0.6) is 5.75 Å². The van der Waals surface area contributed by atoms with E-state index in [1.807, 2.05) is 18.2 Å². The summed E-state index contributed by atoms with van der Waals surface area (Å²) < 4.78 is 11.1. The highest BCUT2D eigenvalue weighted by Crippen LogP contribution is 2.23. The van der Waals surface area contributed by atoms with Crippen LogP contribution in [0.4, 0.5) is 0 Å². The van der Waals surface area contributed by atoms with E-state index in [0.717, 1.165) is 37.0 Å². The van der Waals surface area contributed by atoms with Crippen LogP contribution in [0.2, 0.25) is 0 Å². The first kappa shape index (κ1) is 34.5. The molecule has 0 unspecified atom stereocenters. The van der Waals surface area contributed by atoms with Crippen molar-refractivity contribution in [3.05, 3.63) is 29.3 Å². The topological polar surface area (TPSA) is 35.5 Å². The molecular weight excluding hydrogens is 468 g/mol. The number of carbonyl (C=O) groups excluding carboxylic acids is 1. The molecule has 0 fully saturated rings. The Balaban J connectivity index is 2.14. The average molecular weight is 531 g/mol. The summed E-state index contributed by atoms with van der Waals surface area (Å²) in [5.74, 6) is 0.686. The summed E-state index contributed by atoms with van der Waals surface area (Å²) in [5.41, 5.74) is 1.78. The highest BCUT2D eigenvalue weighted by atomic mass is 16.5. The SMILES string of the molecule is CCCCCCCCCCCCCCCc1cc(C(=O)OCCCCCCCCCCCC)ccc1OC. The van der Waals surface area contributed by atoms with Crippen molar-refractivity contribution in [1.82, 2.24) is 0 Å². The van der Waals surface area contributed by atoms with Crippen molar-refractivity contribution in [1.29, 1.82) is 0 Å². The lowest BCUT2D eigenvalue weighted by Crippen LogP contribution is -2.07. The van der Waals surface area contributed by atoms with Crippen molar-refractivity contribution in [3.8, 4) is 5.75 Å². The maximum atomic E-state index is 12.6. The van der Waals surface area contributed by atoms with E-state index in [1.165, 1.54) is 128 Å². The third-order valence-corrected chi connectivity index (χ3v) is 7.80. The molecule has 0 amide bonds. The second-order valence-electron chi connectivity index (χ2n) is 11.3. The van der Waals surface area contributed by atoms with Gasteiger partial charge in [-0.1, -0.05) is 149 Å². The van der Waals surface area contributed by atoms with Gasteiger partial charge in [0.1, 0.15) is 5.75 Å². The Hall–Kier alpha value is -1.51. The summed E-state index contributed by atoms with van der Waals surface area (Å²) in [6.45, 7) is 5.07. The van der Waals surface area contributed by atoms with Crippen molar-refractivity contribution in [2.24, 2.45) is 0 Å². The van der Waals surface area contributed by atoms with E-state index >= 15 is 0 Å². The molecule has 0 saturated heterocycles. The largest absolute Gasteiger partial charge is 0.496 e. The van der Waals surface area contributed by atoms with Gasteiger partial charge in [-0.25, -0.2) is 4.79 Å². The van der Waals surface area contributed by atoms with Crippen LogP contribution < -0.4 is 4.74 Å². The first-order chi connectivity index (χ1) is 18.7. The molecular formula is C35H62O3. The molecule has 38 heavy (non-hydrogen) atoms. The van der Waals surface area contributed by atoms with Crippen LogP contribution >= 0.6 is 0 Å². The van der Waals surface area contributed by atoms with Gasteiger partial charge < -0.3 is 9.47 Å². The van der Waals surface area contributed by atoms with E-state index in [2.05, 4.69) is 13.8 Å². The van der Waals surface area contributed by atoms with E-state index in [4.69, 9.17) is 9.47 Å². The monoisotopic (exact) mass is 530 g/mol. The minimum atomic E-state index is -0.199. The first-order valence-corrected chi connectivity index (χ1v) is 16.6. The van der Waals surface area contributed by atoms with E-state index < -0.39 is 0 Å². The summed E-state index contributed by atoms with van der Waals surface area (Å²) in [5, 5.41) is 0. The molecule has 3 nitrogen and oxygen atoms in total. The number of carbonyl (C=O) groups is 1. The zero-order valence-corrected chi connectivity index (χ0v) is 25.6. The van der Waals surface area contributed by atoms with Crippen molar-refractivity contribution in [2.45, 2.75) is 168 Å². The zero-order valence-electron chi connectivity index (χ0n) is 25.6. The van der Waals surface area contributed by atoms with Crippen LogP contribution in [0.15, 0.2) is 18.2 Å². The van der Waals surface area contributed by atoms with Crippen molar-refractivity contribution < 1.29 is 14.3 Å². The fourth-order valence-electron chi connectivity index (χ4n) is 5.27. The minimum Gasteiger partial charge on any atom is -0.496 e. The number of aryl methyl sites for hydroxylation is 1. The lowest BCUT2D eigenvalue weighted by molar-refractivity contribution is 0.0497. The molecule has 1 rings (SSSR count). The summed E-state index contributed by atoms with van der Waals surface area (Å²) in [7, 11) is 1.71. The van der Waals surface area contributed by atoms with E-state index in [-0.39, 0.29) is 5.97 Å². The van der Waals surface area contributed by atoms with Crippen LogP contribution in [0, 0.1) is 0 Å². The van der Waals surface area contributed by atoms with Crippen molar-refractivity contribution in [2.75, 3.05) is 13.7 Å². The van der Waals surface area contributed by atoms with E-state index in [0.29, 0.717) is 12.2 Å². The molecule has 0 aliphatic rings. The third-order valence-electron chi connectivity index (χ3n) is 7.80. The molecule has 0 atom stereocenters. The molecule has 1 aromatic carbocycles. The summed E-state index contributed by atoms with van der Waals surface area (Å²) in [6, 6.07) is 5.75. The van der Waals surface area contributed by atoms with Gasteiger partial charge in [-0.15, -0.1) is 0 Å². The van der Waals surface area contributed by atoms with Crippen molar-refractivity contribution >= 4 is 5.97 Å². The molecule has 0 saturated carbocycles. The number of ether oxygens (including phenoxy) is 2. The standard InChI is InChI=1S/C35H62O3/c1-4-6-8-10-12-14-16-17-18-19-21-23-25-27-32-31-33(28-29-34(32)37-3)35(36)38-30-26-24-22-20-15-13-11-9-7-5-2/h28-29,31H,4-27,30H2,1-3H3. The zero-order chi connectivity index (χ0) is 27.5. The van der Waals surface area contributed by atoms with Gasteiger partial charge in [0.2, 0.25) is 0 Å². The second kappa shape index (κ2) is 25.8. The molecule has 0 heterocycles. The summed E-state index contributed by atoms with van der Waals surface area (Å²) in [6.07, 6.45) is 31.4. The van der Waals surface area contributed by atoms with Gasteiger partial charge in [-0.2, -0.15) is 0 Å². The normalized spacial score (nSPS) is 11.1.